The van der Waals surface area contributed by atoms with Crippen molar-refractivity contribution in [2.45, 2.75) is 52.6 Å². The van der Waals surface area contributed by atoms with Gasteiger partial charge in [0.25, 0.3) is 0 Å². The fourth-order valence-electron chi connectivity index (χ4n) is 1.89. The standard InChI is InChI=1S/C11H20O2/c1-8(2)6-10-7-9(3)4-5-11(12)13-10/h8-10H,4-7H2,1-3H3/t9-,10-/m1/s1. The van der Waals surface area contributed by atoms with Crippen LogP contribution in [0.2, 0.25) is 0 Å². The van der Waals surface area contributed by atoms with E-state index in [1.807, 2.05) is 0 Å². The van der Waals surface area contributed by atoms with E-state index in [9.17, 15) is 4.79 Å². The Morgan fingerprint density at radius 3 is 2.85 bits per heavy atom. The molecule has 0 aromatic heterocycles. The van der Waals surface area contributed by atoms with Crippen molar-refractivity contribution in [3.05, 3.63) is 0 Å². The van der Waals surface area contributed by atoms with Gasteiger partial charge in [-0.15, -0.1) is 0 Å². The molecule has 2 nitrogen and oxygen atoms in total. The molecular formula is C11H20O2. The average molecular weight is 184 g/mol. The van der Waals surface area contributed by atoms with Gasteiger partial charge in [-0.1, -0.05) is 20.8 Å². The molecule has 1 saturated heterocycles. The Morgan fingerprint density at radius 1 is 1.54 bits per heavy atom. The fourth-order valence-corrected chi connectivity index (χ4v) is 1.89. The van der Waals surface area contributed by atoms with Crippen molar-refractivity contribution in [1.29, 1.82) is 0 Å². The van der Waals surface area contributed by atoms with E-state index in [1.54, 1.807) is 0 Å². The third kappa shape index (κ3) is 3.79. The molecule has 0 amide bonds. The van der Waals surface area contributed by atoms with Crippen LogP contribution in [0.1, 0.15) is 46.5 Å². The second-order valence-electron chi connectivity index (χ2n) is 4.62. The highest BCUT2D eigenvalue weighted by molar-refractivity contribution is 5.69. The van der Waals surface area contributed by atoms with E-state index < -0.39 is 0 Å². The zero-order valence-electron chi connectivity index (χ0n) is 8.88. The minimum Gasteiger partial charge on any atom is -0.462 e. The predicted octanol–water partition coefficient (Wildman–Crippen LogP) is 2.76. The van der Waals surface area contributed by atoms with Crippen LogP contribution >= 0.6 is 0 Å². The molecule has 0 bridgehead atoms. The summed E-state index contributed by atoms with van der Waals surface area (Å²) in [7, 11) is 0. The molecule has 1 aliphatic heterocycles. The van der Waals surface area contributed by atoms with Gasteiger partial charge in [0.1, 0.15) is 6.10 Å². The number of carbonyl (C=O) groups is 1. The first-order chi connectivity index (χ1) is 6.08. The highest BCUT2D eigenvalue weighted by Crippen LogP contribution is 2.24. The molecule has 13 heavy (non-hydrogen) atoms. The SMILES string of the molecule is CC(C)C[C@@H]1C[C@H](C)CCC(=O)O1. The summed E-state index contributed by atoms with van der Waals surface area (Å²) in [4.78, 5) is 11.2. The number of carbonyl (C=O) groups excluding carboxylic acids is 1. The van der Waals surface area contributed by atoms with Crippen LogP contribution in [-0.4, -0.2) is 12.1 Å². The number of hydrogen-bond acceptors (Lipinski definition) is 2. The van der Waals surface area contributed by atoms with Crippen LogP contribution in [0.3, 0.4) is 0 Å². The maximum atomic E-state index is 11.2. The van der Waals surface area contributed by atoms with Crippen molar-refractivity contribution in [2.24, 2.45) is 11.8 Å². The van der Waals surface area contributed by atoms with E-state index in [2.05, 4.69) is 20.8 Å². The van der Waals surface area contributed by atoms with E-state index >= 15 is 0 Å². The number of esters is 1. The minimum atomic E-state index is -0.00463. The van der Waals surface area contributed by atoms with E-state index in [0.717, 1.165) is 19.3 Å². The second-order valence-corrected chi connectivity index (χ2v) is 4.62. The van der Waals surface area contributed by atoms with Gasteiger partial charge in [-0.25, -0.2) is 0 Å². The number of ether oxygens (including phenoxy) is 1. The molecule has 2 atom stereocenters. The summed E-state index contributed by atoms with van der Waals surface area (Å²) >= 11 is 0. The zero-order chi connectivity index (χ0) is 9.84. The third-order valence-electron chi connectivity index (χ3n) is 2.54. The molecule has 2 heteroatoms. The first-order valence-corrected chi connectivity index (χ1v) is 5.27. The summed E-state index contributed by atoms with van der Waals surface area (Å²) in [5.74, 6) is 1.24. The van der Waals surface area contributed by atoms with Gasteiger partial charge in [-0.2, -0.15) is 0 Å². The number of hydrogen-bond donors (Lipinski definition) is 0. The summed E-state index contributed by atoms with van der Waals surface area (Å²) in [5.41, 5.74) is 0. The first kappa shape index (κ1) is 10.6. The fraction of sp³-hybridized carbons (Fsp3) is 0.909. The second kappa shape index (κ2) is 4.64. The van der Waals surface area contributed by atoms with Gasteiger partial charge in [-0.3, -0.25) is 4.79 Å². The smallest absolute Gasteiger partial charge is 0.306 e. The molecule has 76 valence electrons. The molecular weight excluding hydrogens is 164 g/mol. The molecule has 0 radical (unpaired) electrons. The lowest BCUT2D eigenvalue weighted by Gasteiger charge is -2.18. The molecule has 0 N–H and O–H groups in total. The van der Waals surface area contributed by atoms with Crippen LogP contribution in [0.4, 0.5) is 0 Å². The normalized spacial score (nSPS) is 30.0. The molecule has 1 rings (SSSR count). The number of cyclic esters (lactones) is 1. The van der Waals surface area contributed by atoms with Gasteiger partial charge >= 0.3 is 5.97 Å². The molecule has 0 aromatic rings. The summed E-state index contributed by atoms with van der Waals surface area (Å²) in [6.45, 7) is 6.54. The Bertz CT molecular complexity index is 175. The molecule has 0 aromatic carbocycles. The van der Waals surface area contributed by atoms with Crippen LogP contribution in [0.25, 0.3) is 0 Å². The molecule has 1 aliphatic rings. The van der Waals surface area contributed by atoms with Crippen molar-refractivity contribution < 1.29 is 9.53 Å². The molecule has 0 spiro atoms. The lowest BCUT2D eigenvalue weighted by molar-refractivity contribution is -0.148. The molecule has 0 unspecified atom stereocenters. The van der Waals surface area contributed by atoms with E-state index in [4.69, 9.17) is 4.74 Å². The first-order valence-electron chi connectivity index (χ1n) is 5.27. The third-order valence-corrected chi connectivity index (χ3v) is 2.54. The Kier molecular flexibility index (Phi) is 3.76. The van der Waals surface area contributed by atoms with Crippen LogP contribution in [0, 0.1) is 11.8 Å². The predicted molar refractivity (Wildman–Crippen MR) is 52.4 cm³/mol. The maximum Gasteiger partial charge on any atom is 0.306 e. The topological polar surface area (TPSA) is 26.3 Å². The van der Waals surface area contributed by atoms with Gasteiger partial charge in [0.15, 0.2) is 0 Å². The van der Waals surface area contributed by atoms with Crippen LogP contribution in [-0.2, 0) is 9.53 Å². The van der Waals surface area contributed by atoms with Crippen molar-refractivity contribution in [3.8, 4) is 0 Å². The highest BCUT2D eigenvalue weighted by Gasteiger charge is 2.23. The van der Waals surface area contributed by atoms with Crippen molar-refractivity contribution in [3.63, 3.8) is 0 Å². The lowest BCUT2D eigenvalue weighted by Crippen LogP contribution is -2.18. The van der Waals surface area contributed by atoms with Crippen LogP contribution in [0.15, 0.2) is 0 Å². The van der Waals surface area contributed by atoms with Gasteiger partial charge in [0.05, 0.1) is 0 Å². The van der Waals surface area contributed by atoms with Gasteiger partial charge in [0, 0.05) is 6.42 Å². The minimum absolute atomic E-state index is 0.00463. The van der Waals surface area contributed by atoms with Gasteiger partial charge < -0.3 is 4.74 Å². The summed E-state index contributed by atoms with van der Waals surface area (Å²) in [6, 6.07) is 0. The van der Waals surface area contributed by atoms with Crippen LogP contribution < -0.4 is 0 Å². The molecule has 1 heterocycles. The molecule has 0 aliphatic carbocycles. The van der Waals surface area contributed by atoms with E-state index in [-0.39, 0.29) is 12.1 Å². The Balaban J connectivity index is 2.46. The lowest BCUT2D eigenvalue weighted by atomic mass is 9.95. The monoisotopic (exact) mass is 184 g/mol. The molecule has 0 saturated carbocycles. The largest absolute Gasteiger partial charge is 0.462 e. The summed E-state index contributed by atoms with van der Waals surface area (Å²) in [6.07, 6.45) is 3.83. The van der Waals surface area contributed by atoms with Crippen molar-refractivity contribution >= 4 is 5.97 Å². The van der Waals surface area contributed by atoms with Crippen LogP contribution in [0.5, 0.6) is 0 Å². The van der Waals surface area contributed by atoms with Crippen molar-refractivity contribution in [1.82, 2.24) is 0 Å². The molecule has 1 fully saturated rings. The Hall–Kier alpha value is -0.530. The quantitative estimate of drug-likeness (QED) is 0.617. The summed E-state index contributed by atoms with van der Waals surface area (Å²) in [5, 5.41) is 0. The Labute approximate surface area is 80.7 Å². The van der Waals surface area contributed by atoms with Gasteiger partial charge in [0.2, 0.25) is 0 Å². The van der Waals surface area contributed by atoms with E-state index in [0.29, 0.717) is 18.3 Å². The highest BCUT2D eigenvalue weighted by atomic mass is 16.5. The van der Waals surface area contributed by atoms with E-state index in [1.165, 1.54) is 0 Å². The Morgan fingerprint density at radius 2 is 2.23 bits per heavy atom. The zero-order valence-corrected chi connectivity index (χ0v) is 8.88. The number of rotatable bonds is 2. The average Bonchev–Trinajstić information content (AvgIpc) is 2.11. The van der Waals surface area contributed by atoms with Gasteiger partial charge in [-0.05, 0) is 31.1 Å². The maximum absolute atomic E-state index is 11.2. The van der Waals surface area contributed by atoms with Crippen molar-refractivity contribution in [2.75, 3.05) is 0 Å². The summed E-state index contributed by atoms with van der Waals surface area (Å²) < 4.78 is 5.35.